The highest BCUT2D eigenvalue weighted by atomic mass is 32.2. The maximum absolute atomic E-state index is 11.7. The van der Waals surface area contributed by atoms with Crippen molar-refractivity contribution in [3.63, 3.8) is 0 Å². The zero-order valence-electron chi connectivity index (χ0n) is 22.4. The number of nitrogens with two attached hydrogens (primary N) is 1. The molecule has 13 heteroatoms. The fourth-order valence-corrected chi connectivity index (χ4v) is 5.34. The van der Waals surface area contributed by atoms with Crippen LogP contribution in [0.2, 0.25) is 0 Å². The molecule has 0 radical (unpaired) electrons. The van der Waals surface area contributed by atoms with Gasteiger partial charge in [0.05, 0.1) is 36.7 Å². The van der Waals surface area contributed by atoms with E-state index in [2.05, 4.69) is 31.6 Å². The van der Waals surface area contributed by atoms with Crippen LogP contribution in [0.25, 0.3) is 16.8 Å². The fourth-order valence-electron chi connectivity index (χ4n) is 4.95. The number of nitrogens with one attached hydrogen (secondary N) is 2. The smallest absolute Gasteiger partial charge is 0.245 e. The minimum absolute atomic E-state index is 0.232. The molecule has 4 heterocycles. The van der Waals surface area contributed by atoms with Gasteiger partial charge in [0.25, 0.3) is 0 Å². The lowest BCUT2D eigenvalue weighted by Gasteiger charge is -2.31. The number of anilines is 3. The lowest BCUT2D eigenvalue weighted by molar-refractivity contribution is -0.119. The molecule has 0 aliphatic carbocycles. The average molecular weight is 565 g/mol. The summed E-state index contributed by atoms with van der Waals surface area (Å²) in [6, 6.07) is 13.5. The van der Waals surface area contributed by atoms with Crippen molar-refractivity contribution in [3.05, 3.63) is 60.4 Å². The van der Waals surface area contributed by atoms with E-state index in [1.165, 1.54) is 5.56 Å². The van der Waals surface area contributed by atoms with Crippen LogP contribution in [-0.4, -0.2) is 77.7 Å². The number of rotatable bonds is 10. The first-order chi connectivity index (χ1) is 19.2. The third kappa shape index (κ3) is 6.32. The molecule has 0 bridgehead atoms. The van der Waals surface area contributed by atoms with Gasteiger partial charge < -0.3 is 21.1 Å². The van der Waals surface area contributed by atoms with E-state index in [0.717, 1.165) is 49.1 Å². The van der Waals surface area contributed by atoms with Gasteiger partial charge in [-0.3, -0.25) is 9.69 Å². The van der Waals surface area contributed by atoms with Crippen molar-refractivity contribution in [1.29, 1.82) is 0 Å². The number of hydrogen-bond donors (Lipinski definition) is 3. The molecule has 4 aromatic rings. The number of primary amides is 1. The Hall–Kier alpha value is -4.23. The van der Waals surface area contributed by atoms with Crippen molar-refractivity contribution in [3.8, 4) is 17.0 Å². The van der Waals surface area contributed by atoms with Crippen LogP contribution in [0.5, 0.6) is 5.75 Å². The van der Waals surface area contributed by atoms with Crippen LogP contribution >= 0.6 is 0 Å². The number of methoxy groups -OCH3 is 1. The number of piperidine rings is 1. The first kappa shape index (κ1) is 27.3. The minimum Gasteiger partial charge on any atom is -0.495 e. The van der Waals surface area contributed by atoms with Gasteiger partial charge in [-0.15, -0.1) is 5.10 Å². The van der Waals surface area contributed by atoms with Crippen LogP contribution in [0.3, 0.4) is 0 Å². The molecule has 0 unspecified atom stereocenters. The van der Waals surface area contributed by atoms with Crippen molar-refractivity contribution >= 4 is 38.7 Å². The van der Waals surface area contributed by atoms with E-state index in [1.807, 2.05) is 30.3 Å². The molecule has 0 atom stereocenters. The summed E-state index contributed by atoms with van der Waals surface area (Å²) in [6.45, 7) is 1.95. The molecule has 40 heavy (non-hydrogen) atoms. The molecule has 4 N–H and O–H groups in total. The van der Waals surface area contributed by atoms with Crippen molar-refractivity contribution in [2.24, 2.45) is 5.73 Å². The number of nitrogens with zero attached hydrogens (tertiary/aromatic N) is 5. The molecule has 210 valence electrons. The minimum atomic E-state index is -3.24. The molecule has 0 spiro atoms. The van der Waals surface area contributed by atoms with Crippen LogP contribution in [0.1, 0.15) is 24.3 Å². The number of carbonyl (C=O) groups is 1. The van der Waals surface area contributed by atoms with Crippen LogP contribution in [-0.2, 0) is 14.6 Å². The summed E-state index contributed by atoms with van der Waals surface area (Å²) in [5, 5.41) is 10.9. The number of likely N-dealkylation sites (tertiary alicyclic amines) is 1. The van der Waals surface area contributed by atoms with Crippen molar-refractivity contribution in [2.45, 2.75) is 18.8 Å². The predicted octanol–water partition coefficient (Wildman–Crippen LogP) is 2.62. The quantitative estimate of drug-likeness (QED) is 0.262. The van der Waals surface area contributed by atoms with E-state index in [-0.39, 0.29) is 11.8 Å². The van der Waals surface area contributed by atoms with Crippen molar-refractivity contribution in [2.75, 3.05) is 49.5 Å². The summed E-state index contributed by atoms with van der Waals surface area (Å²) in [6.07, 6.45) is 6.35. The number of benzene rings is 1. The number of pyridine rings is 1. The molecule has 1 saturated heterocycles. The summed E-state index contributed by atoms with van der Waals surface area (Å²) < 4.78 is 30.8. The van der Waals surface area contributed by atoms with Gasteiger partial charge in [-0.2, -0.15) is 0 Å². The van der Waals surface area contributed by atoms with Gasteiger partial charge in [0.1, 0.15) is 17.4 Å². The molecule has 5 rings (SSSR count). The monoisotopic (exact) mass is 564 g/mol. The topological polar surface area (TPSA) is 157 Å². The lowest BCUT2D eigenvalue weighted by atomic mass is 9.89. The average Bonchev–Trinajstić information content (AvgIpc) is 3.35. The molecule has 1 aliphatic rings. The molecule has 12 nitrogen and oxygen atoms in total. The normalized spacial score (nSPS) is 14.8. The second-order valence-corrected chi connectivity index (χ2v) is 12.0. The predicted molar refractivity (Wildman–Crippen MR) is 153 cm³/mol. The van der Waals surface area contributed by atoms with E-state index in [4.69, 9.17) is 15.6 Å². The van der Waals surface area contributed by atoms with Gasteiger partial charge in [-0.25, -0.2) is 22.9 Å². The standard InChI is InChI=1S/C27H32N8O4S/c1-39-24-14-19(18-9-12-34(13-10-18)16-25(28)36)5-7-22(24)32-27-30-15-20-6-8-23(35(20)33-27)21-4-3-11-29-26(21)31-17-40(2,37)38/h3-8,11,14-15,18H,9-10,12-13,16-17H2,1-2H3,(H2,28,36)(H,29,31)(H,32,33). The van der Waals surface area contributed by atoms with E-state index >= 15 is 0 Å². The highest BCUT2D eigenvalue weighted by Gasteiger charge is 2.22. The Labute approximate surface area is 232 Å². The van der Waals surface area contributed by atoms with Gasteiger partial charge in [-0.1, -0.05) is 6.07 Å². The Morgan fingerprint density at radius 3 is 2.67 bits per heavy atom. The van der Waals surface area contributed by atoms with Gasteiger partial charge in [0, 0.05) is 18.0 Å². The Balaban J connectivity index is 1.37. The molecular weight excluding hydrogens is 532 g/mol. The second-order valence-electron chi connectivity index (χ2n) is 9.88. The summed E-state index contributed by atoms with van der Waals surface area (Å²) >= 11 is 0. The highest BCUT2D eigenvalue weighted by Crippen LogP contribution is 2.35. The van der Waals surface area contributed by atoms with E-state index in [0.29, 0.717) is 35.5 Å². The van der Waals surface area contributed by atoms with E-state index < -0.39 is 9.84 Å². The number of hydrogen-bond acceptors (Lipinski definition) is 10. The fraction of sp³-hybridized carbons (Fsp3) is 0.333. The third-order valence-electron chi connectivity index (χ3n) is 6.89. The molecule has 0 saturated carbocycles. The molecule has 3 aromatic heterocycles. The first-order valence-electron chi connectivity index (χ1n) is 12.9. The first-order valence-corrected chi connectivity index (χ1v) is 14.9. The summed E-state index contributed by atoms with van der Waals surface area (Å²) in [4.78, 5) is 22.1. The van der Waals surface area contributed by atoms with E-state index in [9.17, 15) is 13.2 Å². The maximum Gasteiger partial charge on any atom is 0.245 e. The highest BCUT2D eigenvalue weighted by molar-refractivity contribution is 7.90. The number of aromatic nitrogens is 4. The van der Waals surface area contributed by atoms with Crippen LogP contribution in [0.4, 0.5) is 17.5 Å². The zero-order chi connectivity index (χ0) is 28.3. The third-order valence-corrected chi connectivity index (χ3v) is 7.56. The lowest BCUT2D eigenvalue weighted by Crippen LogP contribution is -2.39. The Morgan fingerprint density at radius 2 is 1.95 bits per heavy atom. The van der Waals surface area contributed by atoms with Crippen LogP contribution < -0.4 is 21.1 Å². The number of carbonyl (C=O) groups excluding carboxylic acids is 1. The largest absolute Gasteiger partial charge is 0.495 e. The molecule has 1 fully saturated rings. The van der Waals surface area contributed by atoms with Gasteiger partial charge in [0.2, 0.25) is 11.9 Å². The zero-order valence-corrected chi connectivity index (χ0v) is 23.2. The number of sulfone groups is 1. The Bertz CT molecular complexity index is 1630. The van der Waals surface area contributed by atoms with Gasteiger partial charge in [0.15, 0.2) is 9.84 Å². The van der Waals surface area contributed by atoms with Gasteiger partial charge in [-0.05, 0) is 73.8 Å². The maximum atomic E-state index is 11.7. The summed E-state index contributed by atoms with van der Waals surface area (Å²) in [5.41, 5.74) is 9.45. The van der Waals surface area contributed by atoms with Crippen LogP contribution in [0.15, 0.2) is 54.9 Å². The summed E-state index contributed by atoms with van der Waals surface area (Å²) in [5.74, 6) is 1.32. The Kier molecular flexibility index (Phi) is 7.85. The van der Waals surface area contributed by atoms with Crippen molar-refractivity contribution < 1.29 is 17.9 Å². The number of ether oxygens (including phenoxy) is 1. The number of amides is 1. The van der Waals surface area contributed by atoms with Crippen LogP contribution in [0, 0.1) is 0 Å². The molecule has 1 amide bonds. The summed E-state index contributed by atoms with van der Waals surface area (Å²) in [7, 11) is -1.61. The number of fused-ring (bicyclic) bond motifs is 1. The van der Waals surface area contributed by atoms with E-state index in [1.54, 1.807) is 30.1 Å². The molecule has 1 aromatic carbocycles. The molecule has 1 aliphatic heterocycles. The van der Waals surface area contributed by atoms with Gasteiger partial charge >= 0.3 is 0 Å². The Morgan fingerprint density at radius 1 is 1.15 bits per heavy atom. The van der Waals surface area contributed by atoms with Crippen molar-refractivity contribution in [1.82, 2.24) is 24.5 Å². The SMILES string of the molecule is COc1cc(C2CCN(CC(N)=O)CC2)ccc1Nc1ncc2ccc(-c3cccnc3NCS(C)(=O)=O)n2n1. The molecular formula is C27H32N8O4S. The second kappa shape index (κ2) is 11.5.